The van der Waals surface area contributed by atoms with Crippen molar-refractivity contribution in [2.24, 2.45) is 0 Å². The second-order valence-electron chi connectivity index (χ2n) is 14.7. The maximum atomic E-state index is 14.2. The third-order valence-corrected chi connectivity index (χ3v) is 14.1. The highest BCUT2D eigenvalue weighted by Crippen LogP contribution is 2.68. The van der Waals surface area contributed by atoms with Crippen LogP contribution in [0.15, 0.2) is 127 Å². The van der Waals surface area contributed by atoms with E-state index in [4.69, 9.17) is 9.47 Å². The zero-order valence-corrected chi connectivity index (χ0v) is 32.3. The van der Waals surface area contributed by atoms with Crippen LogP contribution in [-0.4, -0.2) is 20.0 Å². The standard InChI is InChI=1S/C49H45O3P/c1-30-22-31(2)25-36(24-30)45-28-38(50)29-46(37-26-32(3)23-33(4)27-37)53(45)49-41(47-39-14-9-7-12-34(39)18-20-43(47)51-5)16-11-17-42(49)48-40-15-10-8-13-35(40)19-21-44(48)52-6/h7-27,45-46H,28-29H2,1-6H3. The normalized spacial score (nSPS) is 17.3. The van der Waals surface area contributed by atoms with E-state index in [9.17, 15) is 4.79 Å². The summed E-state index contributed by atoms with van der Waals surface area (Å²) >= 11 is 0. The fraction of sp³-hybridized carbons (Fsp3) is 0.204. The molecule has 7 aromatic carbocycles. The minimum Gasteiger partial charge on any atom is -0.496 e. The maximum Gasteiger partial charge on any atom is 0.134 e. The van der Waals surface area contributed by atoms with E-state index in [-0.39, 0.29) is 11.3 Å². The highest BCUT2D eigenvalue weighted by Gasteiger charge is 2.42. The molecule has 2 atom stereocenters. The van der Waals surface area contributed by atoms with Crippen LogP contribution in [0.5, 0.6) is 11.5 Å². The van der Waals surface area contributed by atoms with E-state index in [1.54, 1.807) is 14.2 Å². The molecule has 4 heteroatoms. The number of rotatable bonds is 7. The number of Topliss-reactive ketones (excluding diaryl/α,β-unsaturated/α-hetero) is 1. The first kappa shape index (κ1) is 34.8. The van der Waals surface area contributed by atoms with Gasteiger partial charge in [-0.25, -0.2) is 0 Å². The molecule has 0 aromatic heterocycles. The Labute approximate surface area is 314 Å². The minimum atomic E-state index is -1.09. The first-order valence-corrected chi connectivity index (χ1v) is 19.9. The highest BCUT2D eigenvalue weighted by atomic mass is 31.1. The van der Waals surface area contributed by atoms with Crippen LogP contribution in [0.25, 0.3) is 43.8 Å². The summed E-state index contributed by atoms with van der Waals surface area (Å²) in [6.07, 6.45) is 1.01. The topological polar surface area (TPSA) is 35.5 Å². The van der Waals surface area contributed by atoms with Gasteiger partial charge >= 0.3 is 0 Å². The van der Waals surface area contributed by atoms with Gasteiger partial charge in [-0.2, -0.15) is 0 Å². The number of fused-ring (bicyclic) bond motifs is 2. The lowest BCUT2D eigenvalue weighted by molar-refractivity contribution is -0.119. The van der Waals surface area contributed by atoms with Gasteiger partial charge in [0.05, 0.1) is 14.2 Å². The van der Waals surface area contributed by atoms with Gasteiger partial charge in [0.25, 0.3) is 0 Å². The Morgan fingerprint density at radius 1 is 0.509 bits per heavy atom. The van der Waals surface area contributed by atoms with E-state index in [2.05, 4.69) is 155 Å². The molecular formula is C49H45O3P. The van der Waals surface area contributed by atoms with Crippen LogP contribution in [0.2, 0.25) is 0 Å². The average Bonchev–Trinajstić information content (AvgIpc) is 3.15. The molecule has 1 heterocycles. The van der Waals surface area contributed by atoms with Crippen LogP contribution in [0.4, 0.5) is 0 Å². The van der Waals surface area contributed by atoms with Gasteiger partial charge in [0.1, 0.15) is 17.3 Å². The van der Waals surface area contributed by atoms with Crippen molar-refractivity contribution in [2.45, 2.75) is 51.9 Å². The Kier molecular flexibility index (Phi) is 9.39. The van der Waals surface area contributed by atoms with E-state index in [1.807, 2.05) is 0 Å². The molecule has 53 heavy (non-hydrogen) atoms. The molecule has 0 spiro atoms. The number of methoxy groups -OCH3 is 2. The molecule has 0 aliphatic carbocycles. The molecule has 264 valence electrons. The van der Waals surface area contributed by atoms with Crippen molar-refractivity contribution in [3.8, 4) is 33.8 Å². The summed E-state index contributed by atoms with van der Waals surface area (Å²) in [6.45, 7) is 8.69. The zero-order valence-electron chi connectivity index (χ0n) is 31.4. The summed E-state index contributed by atoms with van der Waals surface area (Å²) < 4.78 is 12.5. The van der Waals surface area contributed by atoms with Crippen LogP contribution in [0.3, 0.4) is 0 Å². The first-order valence-electron chi connectivity index (χ1n) is 18.5. The molecule has 1 fully saturated rings. The minimum absolute atomic E-state index is 0.00230. The molecule has 8 rings (SSSR count). The smallest absolute Gasteiger partial charge is 0.134 e. The summed E-state index contributed by atoms with van der Waals surface area (Å²) in [5.74, 6) is 1.99. The molecule has 0 radical (unpaired) electrons. The number of ether oxygens (including phenoxy) is 2. The predicted molar refractivity (Wildman–Crippen MR) is 224 cm³/mol. The van der Waals surface area contributed by atoms with Crippen LogP contribution in [0, 0.1) is 27.7 Å². The molecule has 0 N–H and O–H groups in total. The van der Waals surface area contributed by atoms with Crippen molar-refractivity contribution in [3.05, 3.63) is 161 Å². The van der Waals surface area contributed by atoms with Gasteiger partial charge in [-0.1, -0.05) is 145 Å². The summed E-state index contributed by atoms with van der Waals surface area (Å²) in [6, 6.07) is 46.2. The van der Waals surface area contributed by atoms with Gasteiger partial charge < -0.3 is 9.47 Å². The van der Waals surface area contributed by atoms with Gasteiger partial charge in [0, 0.05) is 35.3 Å². The first-order chi connectivity index (χ1) is 25.7. The summed E-state index contributed by atoms with van der Waals surface area (Å²) in [5.41, 5.74) is 11.8. The maximum absolute atomic E-state index is 14.2. The lowest BCUT2D eigenvalue weighted by atomic mass is 9.91. The molecule has 0 bridgehead atoms. The number of aryl methyl sites for hydroxylation is 4. The number of hydrogen-bond acceptors (Lipinski definition) is 3. The van der Waals surface area contributed by atoms with Gasteiger partial charge in [0.2, 0.25) is 0 Å². The number of hydrogen-bond donors (Lipinski definition) is 0. The summed E-state index contributed by atoms with van der Waals surface area (Å²) in [5, 5.41) is 5.89. The third-order valence-electron chi connectivity index (χ3n) is 10.8. The van der Waals surface area contributed by atoms with Crippen molar-refractivity contribution < 1.29 is 14.3 Å². The monoisotopic (exact) mass is 712 g/mol. The summed E-state index contributed by atoms with van der Waals surface area (Å²) in [7, 11) is 2.45. The van der Waals surface area contributed by atoms with E-state index >= 15 is 0 Å². The molecule has 1 saturated heterocycles. The fourth-order valence-electron chi connectivity index (χ4n) is 8.83. The second-order valence-corrected chi connectivity index (χ2v) is 17.2. The van der Waals surface area contributed by atoms with Crippen molar-refractivity contribution >= 4 is 40.6 Å². The molecule has 7 aromatic rings. The highest BCUT2D eigenvalue weighted by molar-refractivity contribution is 7.67. The summed E-state index contributed by atoms with van der Waals surface area (Å²) in [4.78, 5) is 14.2. The quantitative estimate of drug-likeness (QED) is 0.154. The van der Waals surface area contributed by atoms with Crippen molar-refractivity contribution in [1.82, 2.24) is 0 Å². The van der Waals surface area contributed by atoms with Crippen molar-refractivity contribution in [3.63, 3.8) is 0 Å². The van der Waals surface area contributed by atoms with Crippen LogP contribution < -0.4 is 14.8 Å². The lowest BCUT2D eigenvalue weighted by Gasteiger charge is -2.41. The van der Waals surface area contributed by atoms with Gasteiger partial charge in [0.15, 0.2) is 0 Å². The van der Waals surface area contributed by atoms with E-state index in [0.717, 1.165) is 55.3 Å². The van der Waals surface area contributed by atoms with E-state index < -0.39 is 7.92 Å². The van der Waals surface area contributed by atoms with E-state index in [0.29, 0.717) is 18.6 Å². The SMILES string of the molecule is COc1ccc2ccccc2c1-c1cccc(-c2c(OC)ccc3ccccc23)c1P1C(c2cc(C)cc(C)c2)CC(=O)CC1c1cc(C)cc(C)c1. The number of carbonyl (C=O) groups is 1. The van der Waals surface area contributed by atoms with Crippen LogP contribution >= 0.6 is 7.92 Å². The second kappa shape index (κ2) is 14.3. The largest absolute Gasteiger partial charge is 0.496 e. The molecule has 3 nitrogen and oxygen atoms in total. The lowest BCUT2D eigenvalue weighted by Crippen LogP contribution is -2.26. The molecule has 1 aliphatic rings. The molecule has 2 unspecified atom stereocenters. The predicted octanol–water partition coefficient (Wildman–Crippen LogP) is 12.5. The Balaban J connectivity index is 1.56. The van der Waals surface area contributed by atoms with Gasteiger partial charge in [-0.05, 0) is 88.9 Å². The molecule has 1 aliphatic heterocycles. The Morgan fingerprint density at radius 2 is 0.925 bits per heavy atom. The zero-order chi connectivity index (χ0) is 36.8. The number of carbonyl (C=O) groups excluding carboxylic acids is 1. The Bertz CT molecular complexity index is 2320. The van der Waals surface area contributed by atoms with Crippen LogP contribution in [-0.2, 0) is 4.79 Å². The van der Waals surface area contributed by atoms with Crippen LogP contribution in [0.1, 0.15) is 57.5 Å². The van der Waals surface area contributed by atoms with E-state index in [1.165, 1.54) is 38.7 Å². The van der Waals surface area contributed by atoms with Gasteiger partial charge in [-0.3, -0.25) is 4.79 Å². The van der Waals surface area contributed by atoms with Crippen molar-refractivity contribution in [1.29, 1.82) is 0 Å². The Morgan fingerprint density at radius 3 is 1.34 bits per heavy atom. The fourth-order valence-corrected chi connectivity index (χ4v) is 12.6. The third kappa shape index (κ3) is 6.42. The van der Waals surface area contributed by atoms with Crippen molar-refractivity contribution in [2.75, 3.05) is 14.2 Å². The molecule has 0 saturated carbocycles. The van der Waals surface area contributed by atoms with Gasteiger partial charge in [-0.15, -0.1) is 0 Å². The number of benzene rings is 7. The molecule has 0 amide bonds. The number of ketones is 1. The average molecular weight is 713 g/mol. The molecular weight excluding hydrogens is 668 g/mol. The Hall–Kier alpha value is -5.24.